The van der Waals surface area contributed by atoms with E-state index in [1.807, 2.05) is 30.3 Å². The van der Waals surface area contributed by atoms with Gasteiger partial charge in [0.25, 0.3) is 5.91 Å². The predicted molar refractivity (Wildman–Crippen MR) is 124 cm³/mol. The number of fused-ring (bicyclic) bond motifs is 1. The fraction of sp³-hybridized carbons (Fsp3) is 0.250. The number of carbonyl (C=O) groups excluding carboxylic acids is 2. The third-order valence-electron chi connectivity index (χ3n) is 5.61. The molecule has 2 aliphatic heterocycles. The molecule has 0 bridgehead atoms. The van der Waals surface area contributed by atoms with E-state index in [1.165, 1.54) is 4.90 Å². The molecule has 1 saturated heterocycles. The quantitative estimate of drug-likeness (QED) is 0.496. The van der Waals surface area contributed by atoms with E-state index in [0.29, 0.717) is 43.4 Å². The molecule has 0 spiro atoms. The SMILES string of the molecule is N#Cc1cc(-c2cccc(CNCC[C@H]3CN(c4ccc5c(n4)NC(=O)CO5)C(=O)O3)c2)cnn1. The van der Waals surface area contributed by atoms with Crippen LogP contribution in [-0.2, 0) is 16.1 Å². The predicted octanol–water partition coefficient (Wildman–Crippen LogP) is 2.25. The maximum absolute atomic E-state index is 12.4. The highest BCUT2D eigenvalue weighted by Gasteiger charge is 2.33. The lowest BCUT2D eigenvalue weighted by Crippen LogP contribution is -2.29. The van der Waals surface area contributed by atoms with Crippen molar-refractivity contribution in [2.24, 2.45) is 0 Å². The first kappa shape index (κ1) is 22.2. The van der Waals surface area contributed by atoms with Crippen LogP contribution in [0.4, 0.5) is 16.4 Å². The lowest BCUT2D eigenvalue weighted by Gasteiger charge is -2.19. The number of carbonyl (C=O) groups is 2. The molecule has 0 saturated carbocycles. The average molecular weight is 471 g/mol. The molecule has 1 aromatic carbocycles. The van der Waals surface area contributed by atoms with E-state index in [0.717, 1.165) is 16.7 Å². The lowest BCUT2D eigenvalue weighted by molar-refractivity contribution is -0.118. The Balaban J connectivity index is 1.14. The minimum Gasteiger partial charge on any atom is -0.480 e. The molecule has 0 unspecified atom stereocenters. The van der Waals surface area contributed by atoms with Gasteiger partial charge in [-0.2, -0.15) is 10.4 Å². The van der Waals surface area contributed by atoms with Crippen LogP contribution in [0.15, 0.2) is 48.7 Å². The Hall–Kier alpha value is -4.56. The summed E-state index contributed by atoms with van der Waals surface area (Å²) in [4.78, 5) is 29.7. The van der Waals surface area contributed by atoms with Crippen molar-refractivity contribution >= 4 is 23.6 Å². The normalized spacial score (nSPS) is 16.7. The Morgan fingerprint density at radius 3 is 3.00 bits per heavy atom. The van der Waals surface area contributed by atoms with Crippen molar-refractivity contribution in [3.8, 4) is 22.9 Å². The van der Waals surface area contributed by atoms with Gasteiger partial charge in [0.15, 0.2) is 23.9 Å². The highest BCUT2D eigenvalue weighted by molar-refractivity contribution is 5.95. The number of rotatable bonds is 7. The van der Waals surface area contributed by atoms with Crippen LogP contribution in [0, 0.1) is 11.3 Å². The molecular formula is C24H21N7O4. The summed E-state index contributed by atoms with van der Waals surface area (Å²) in [6.45, 7) is 1.59. The van der Waals surface area contributed by atoms with Gasteiger partial charge in [-0.3, -0.25) is 9.69 Å². The molecule has 2 aromatic heterocycles. The standard InChI is InChI=1S/C24H21N7O4/c25-10-18-9-17(12-27-30-18)16-3-1-2-15(8-16)11-26-7-6-19-13-31(24(33)35-19)21-5-4-20-23(28-21)29-22(32)14-34-20/h1-5,8-9,12,19,26H,6-7,11,13-14H2,(H,28,29,32)/t19-/m0/s1. The van der Waals surface area contributed by atoms with Gasteiger partial charge in [-0.25, -0.2) is 9.78 Å². The molecule has 5 rings (SSSR count). The first-order valence-electron chi connectivity index (χ1n) is 11.0. The molecule has 2 aliphatic rings. The number of nitriles is 1. The number of hydrogen-bond donors (Lipinski definition) is 2. The molecule has 2 amide bonds. The van der Waals surface area contributed by atoms with Crippen molar-refractivity contribution in [3.05, 3.63) is 59.9 Å². The van der Waals surface area contributed by atoms with E-state index in [1.54, 1.807) is 24.4 Å². The van der Waals surface area contributed by atoms with E-state index >= 15 is 0 Å². The van der Waals surface area contributed by atoms with Gasteiger partial charge in [0.2, 0.25) is 0 Å². The Labute approximate surface area is 200 Å². The van der Waals surface area contributed by atoms with E-state index in [-0.39, 0.29) is 24.3 Å². The van der Waals surface area contributed by atoms with E-state index in [4.69, 9.17) is 14.7 Å². The van der Waals surface area contributed by atoms with Gasteiger partial charge in [0, 0.05) is 12.1 Å². The van der Waals surface area contributed by atoms with Crippen LogP contribution in [-0.4, -0.2) is 53.0 Å². The van der Waals surface area contributed by atoms with Crippen molar-refractivity contribution in [3.63, 3.8) is 0 Å². The van der Waals surface area contributed by atoms with Gasteiger partial charge in [-0.15, -0.1) is 5.10 Å². The summed E-state index contributed by atoms with van der Waals surface area (Å²) in [6.07, 6.45) is 1.51. The fourth-order valence-electron chi connectivity index (χ4n) is 3.90. The third kappa shape index (κ3) is 5.02. The zero-order valence-corrected chi connectivity index (χ0v) is 18.6. The Morgan fingerprint density at radius 1 is 1.20 bits per heavy atom. The lowest BCUT2D eigenvalue weighted by atomic mass is 10.0. The topological polar surface area (TPSA) is 142 Å². The average Bonchev–Trinajstić information content (AvgIpc) is 3.26. The van der Waals surface area contributed by atoms with Crippen LogP contribution in [0.1, 0.15) is 17.7 Å². The number of nitrogens with zero attached hydrogens (tertiary/aromatic N) is 5. The van der Waals surface area contributed by atoms with E-state index in [9.17, 15) is 9.59 Å². The summed E-state index contributed by atoms with van der Waals surface area (Å²) < 4.78 is 10.8. The zero-order chi connectivity index (χ0) is 24.2. The van der Waals surface area contributed by atoms with E-state index < -0.39 is 6.09 Å². The Kier molecular flexibility index (Phi) is 6.19. The highest BCUT2D eigenvalue weighted by Crippen LogP contribution is 2.30. The number of hydrogen-bond acceptors (Lipinski definition) is 9. The number of cyclic esters (lactones) is 1. The third-order valence-corrected chi connectivity index (χ3v) is 5.61. The van der Waals surface area contributed by atoms with Crippen LogP contribution >= 0.6 is 0 Å². The van der Waals surface area contributed by atoms with Gasteiger partial charge < -0.3 is 20.1 Å². The summed E-state index contributed by atoms with van der Waals surface area (Å²) in [7, 11) is 0. The second kappa shape index (κ2) is 9.74. The van der Waals surface area contributed by atoms with Crippen LogP contribution in [0.5, 0.6) is 5.75 Å². The number of anilines is 2. The first-order chi connectivity index (χ1) is 17.1. The van der Waals surface area contributed by atoms with Crippen LogP contribution in [0.3, 0.4) is 0 Å². The second-order valence-electron chi connectivity index (χ2n) is 8.08. The van der Waals surface area contributed by atoms with Crippen molar-refractivity contribution < 1.29 is 19.1 Å². The van der Waals surface area contributed by atoms with Gasteiger partial charge in [0.05, 0.1) is 12.7 Å². The van der Waals surface area contributed by atoms with E-state index in [2.05, 4.69) is 25.8 Å². The van der Waals surface area contributed by atoms with Gasteiger partial charge in [-0.1, -0.05) is 18.2 Å². The molecule has 35 heavy (non-hydrogen) atoms. The van der Waals surface area contributed by atoms with Gasteiger partial charge >= 0.3 is 6.09 Å². The molecule has 11 nitrogen and oxygen atoms in total. The number of benzene rings is 1. The van der Waals surface area contributed by atoms with Crippen molar-refractivity contribution in [2.45, 2.75) is 19.1 Å². The summed E-state index contributed by atoms with van der Waals surface area (Å²) in [5.74, 6) is 0.878. The van der Waals surface area contributed by atoms with Crippen molar-refractivity contribution in [1.29, 1.82) is 5.26 Å². The molecule has 0 radical (unpaired) electrons. The zero-order valence-electron chi connectivity index (χ0n) is 18.6. The summed E-state index contributed by atoms with van der Waals surface area (Å²) in [6, 6.07) is 15.0. The fourth-order valence-corrected chi connectivity index (χ4v) is 3.90. The summed E-state index contributed by atoms with van der Waals surface area (Å²) >= 11 is 0. The number of ether oxygens (including phenoxy) is 2. The first-order valence-corrected chi connectivity index (χ1v) is 11.0. The smallest absolute Gasteiger partial charge is 0.415 e. The molecule has 2 N–H and O–H groups in total. The van der Waals surface area contributed by atoms with Crippen molar-refractivity contribution in [2.75, 3.05) is 29.9 Å². The van der Waals surface area contributed by atoms with Crippen LogP contribution in [0.2, 0.25) is 0 Å². The molecule has 4 heterocycles. The monoisotopic (exact) mass is 471 g/mol. The molecule has 176 valence electrons. The molecule has 11 heteroatoms. The molecule has 0 aliphatic carbocycles. The maximum Gasteiger partial charge on any atom is 0.415 e. The van der Waals surface area contributed by atoms with Crippen LogP contribution < -0.4 is 20.3 Å². The maximum atomic E-state index is 12.4. The Morgan fingerprint density at radius 2 is 2.11 bits per heavy atom. The number of amides is 2. The number of aromatic nitrogens is 3. The van der Waals surface area contributed by atoms with Crippen molar-refractivity contribution in [1.82, 2.24) is 20.5 Å². The second-order valence-corrected chi connectivity index (χ2v) is 8.08. The molecule has 3 aromatic rings. The number of nitrogens with one attached hydrogen (secondary N) is 2. The summed E-state index contributed by atoms with van der Waals surface area (Å²) in [5.41, 5.74) is 3.13. The molecule has 1 fully saturated rings. The highest BCUT2D eigenvalue weighted by atomic mass is 16.6. The minimum absolute atomic E-state index is 0.0534. The largest absolute Gasteiger partial charge is 0.480 e. The van der Waals surface area contributed by atoms with Gasteiger partial charge in [0.1, 0.15) is 18.0 Å². The minimum atomic E-state index is -0.471. The number of pyridine rings is 1. The Bertz CT molecular complexity index is 1320. The van der Waals surface area contributed by atoms with Gasteiger partial charge in [-0.05, 0) is 48.4 Å². The molecule has 1 atom stereocenters. The molecular weight excluding hydrogens is 450 g/mol. The summed E-state index contributed by atoms with van der Waals surface area (Å²) in [5, 5.41) is 22.7. The van der Waals surface area contributed by atoms with Crippen LogP contribution in [0.25, 0.3) is 11.1 Å².